The molecule has 0 spiro atoms. The first-order valence-corrected chi connectivity index (χ1v) is 12.4. The van der Waals surface area contributed by atoms with Crippen molar-refractivity contribution in [1.82, 2.24) is 10.2 Å². The van der Waals surface area contributed by atoms with E-state index < -0.39 is 0 Å². The predicted molar refractivity (Wildman–Crippen MR) is 133 cm³/mol. The van der Waals surface area contributed by atoms with Gasteiger partial charge in [0.25, 0.3) is 5.91 Å². The lowest BCUT2D eigenvalue weighted by Gasteiger charge is -2.38. The minimum atomic E-state index is -0.235. The second kappa shape index (κ2) is 9.61. The van der Waals surface area contributed by atoms with E-state index in [2.05, 4.69) is 53.5 Å². The number of fused-ring (bicyclic) bond motifs is 1. The zero-order chi connectivity index (χ0) is 24.5. The van der Waals surface area contributed by atoms with Crippen LogP contribution in [0.5, 0.6) is 5.75 Å². The number of hydrogen-bond acceptors (Lipinski definition) is 4. The van der Waals surface area contributed by atoms with Gasteiger partial charge in [0.05, 0.1) is 6.04 Å². The van der Waals surface area contributed by atoms with Gasteiger partial charge in [-0.2, -0.15) is 0 Å². The molecule has 1 saturated carbocycles. The van der Waals surface area contributed by atoms with Crippen molar-refractivity contribution >= 4 is 11.8 Å². The molecule has 3 aromatic rings. The van der Waals surface area contributed by atoms with Gasteiger partial charge >= 0.3 is 0 Å². The van der Waals surface area contributed by atoms with E-state index in [-0.39, 0.29) is 42.2 Å². The number of rotatable bonds is 7. The maximum atomic E-state index is 13.2. The molecule has 1 N–H and O–H groups in total. The summed E-state index contributed by atoms with van der Waals surface area (Å²) in [6, 6.07) is 17.9. The highest BCUT2D eigenvalue weighted by atomic mass is 16.5. The summed E-state index contributed by atoms with van der Waals surface area (Å²) in [4.78, 5) is 27.4. The molecule has 1 aliphatic heterocycles. The third kappa shape index (κ3) is 5.11. The first-order chi connectivity index (χ1) is 16.9. The Bertz CT molecular complexity index is 1220. The number of nitrogens with one attached hydrogen (secondary N) is 1. The number of ether oxygens (including phenoxy) is 1. The van der Waals surface area contributed by atoms with Gasteiger partial charge in [-0.05, 0) is 81.0 Å². The molecular weight excluding hydrogens is 440 g/mol. The second-order valence-electron chi connectivity index (χ2n) is 9.91. The smallest absolute Gasteiger partial charge is 0.287 e. The van der Waals surface area contributed by atoms with Crippen LogP contribution in [0.3, 0.4) is 0 Å². The van der Waals surface area contributed by atoms with E-state index in [1.54, 1.807) is 12.1 Å². The molecule has 6 heteroatoms. The van der Waals surface area contributed by atoms with Gasteiger partial charge in [-0.1, -0.05) is 35.9 Å². The highest BCUT2D eigenvalue weighted by Gasteiger charge is 2.39. The fraction of sp³-hybridized carbons (Fsp3) is 0.379. The number of nitrogens with zero attached hydrogens (tertiary/aromatic N) is 1. The van der Waals surface area contributed by atoms with Crippen LogP contribution in [0.2, 0.25) is 0 Å². The van der Waals surface area contributed by atoms with Crippen LogP contribution in [0.15, 0.2) is 59.0 Å². The van der Waals surface area contributed by atoms with Crippen LogP contribution in [-0.2, 0) is 17.8 Å². The van der Waals surface area contributed by atoms with E-state index in [9.17, 15) is 9.59 Å². The standard InChI is InChI=1S/C29H32N2O4/c1-18(2)30-28(32)26-13-12-24(35-26)17-34-23-11-10-20-14-15-31(29(33)22-8-9-22)27(25(20)16-23)21-6-4-19(3)5-7-21/h4-7,10-13,16,18,22,27H,8-9,14-15,17H2,1-3H3,(H,30,32)/t27-/m0/s1. The van der Waals surface area contributed by atoms with Gasteiger partial charge in [0.2, 0.25) is 5.91 Å². The Kier molecular flexibility index (Phi) is 6.37. The zero-order valence-electron chi connectivity index (χ0n) is 20.5. The van der Waals surface area contributed by atoms with Crippen molar-refractivity contribution in [3.05, 3.63) is 88.4 Å². The fourth-order valence-electron chi connectivity index (χ4n) is 4.66. The predicted octanol–water partition coefficient (Wildman–Crippen LogP) is 5.19. The Morgan fingerprint density at radius 1 is 1.09 bits per heavy atom. The Morgan fingerprint density at radius 2 is 1.86 bits per heavy atom. The van der Waals surface area contributed by atoms with Gasteiger partial charge in [0.1, 0.15) is 18.1 Å². The lowest BCUT2D eigenvalue weighted by atomic mass is 9.87. The summed E-state index contributed by atoms with van der Waals surface area (Å²) in [6.45, 7) is 6.83. The summed E-state index contributed by atoms with van der Waals surface area (Å²) in [6.07, 6.45) is 2.82. The number of carbonyl (C=O) groups is 2. The number of benzene rings is 2. The van der Waals surface area contributed by atoms with Crippen molar-refractivity contribution in [1.29, 1.82) is 0 Å². The van der Waals surface area contributed by atoms with Gasteiger partial charge in [-0.25, -0.2) is 0 Å². The summed E-state index contributed by atoms with van der Waals surface area (Å²) in [7, 11) is 0. The normalized spacial score (nSPS) is 17.3. The van der Waals surface area contributed by atoms with Crippen molar-refractivity contribution in [3.63, 3.8) is 0 Å². The fourth-order valence-corrected chi connectivity index (χ4v) is 4.66. The maximum absolute atomic E-state index is 13.2. The minimum absolute atomic E-state index is 0.0376. The van der Waals surface area contributed by atoms with Crippen molar-refractivity contribution in [3.8, 4) is 5.75 Å². The van der Waals surface area contributed by atoms with E-state index in [1.165, 1.54) is 11.1 Å². The Morgan fingerprint density at radius 3 is 2.57 bits per heavy atom. The molecule has 1 aliphatic carbocycles. The minimum Gasteiger partial charge on any atom is -0.486 e. The maximum Gasteiger partial charge on any atom is 0.287 e. The van der Waals surface area contributed by atoms with Crippen LogP contribution < -0.4 is 10.1 Å². The molecule has 0 bridgehead atoms. The van der Waals surface area contributed by atoms with E-state index in [0.717, 1.165) is 36.9 Å². The molecule has 182 valence electrons. The Balaban J connectivity index is 1.38. The molecule has 1 aromatic heterocycles. The van der Waals surface area contributed by atoms with Gasteiger partial charge in [-0.15, -0.1) is 0 Å². The third-order valence-electron chi connectivity index (χ3n) is 6.63. The molecule has 0 unspecified atom stereocenters. The highest BCUT2D eigenvalue weighted by molar-refractivity contribution is 5.91. The zero-order valence-corrected chi connectivity index (χ0v) is 20.5. The number of amides is 2. The Labute approximate surface area is 206 Å². The third-order valence-corrected chi connectivity index (χ3v) is 6.63. The van der Waals surface area contributed by atoms with E-state index in [1.807, 2.05) is 19.9 Å². The number of hydrogen-bond donors (Lipinski definition) is 1. The van der Waals surface area contributed by atoms with Crippen LogP contribution in [0.1, 0.15) is 71.3 Å². The molecule has 1 fully saturated rings. The summed E-state index contributed by atoms with van der Waals surface area (Å²) in [5.41, 5.74) is 4.67. The van der Waals surface area contributed by atoms with Crippen molar-refractivity contribution in [2.45, 2.75) is 58.7 Å². The van der Waals surface area contributed by atoms with Gasteiger partial charge < -0.3 is 19.4 Å². The molecule has 1 atom stereocenters. The number of carbonyl (C=O) groups excluding carboxylic acids is 2. The van der Waals surface area contributed by atoms with Crippen LogP contribution in [0.25, 0.3) is 0 Å². The molecule has 2 amide bonds. The van der Waals surface area contributed by atoms with Crippen molar-refractivity contribution in [2.75, 3.05) is 6.54 Å². The molecular formula is C29H32N2O4. The van der Waals surface area contributed by atoms with E-state index >= 15 is 0 Å². The van der Waals surface area contributed by atoms with E-state index in [4.69, 9.17) is 9.15 Å². The lowest BCUT2D eigenvalue weighted by molar-refractivity contribution is -0.134. The van der Waals surface area contributed by atoms with Crippen LogP contribution in [0.4, 0.5) is 0 Å². The summed E-state index contributed by atoms with van der Waals surface area (Å²) < 4.78 is 11.7. The Hall–Kier alpha value is -3.54. The lowest BCUT2D eigenvalue weighted by Crippen LogP contribution is -2.41. The molecule has 0 saturated heterocycles. The van der Waals surface area contributed by atoms with Gasteiger partial charge in [0.15, 0.2) is 5.76 Å². The molecule has 35 heavy (non-hydrogen) atoms. The number of aryl methyl sites for hydroxylation is 1. The SMILES string of the molecule is Cc1ccc([C@H]2c3cc(OCc4ccc(C(=O)NC(C)C)o4)ccc3CCN2C(=O)C2CC2)cc1. The molecule has 2 heterocycles. The topological polar surface area (TPSA) is 71.8 Å². The molecule has 0 radical (unpaired) electrons. The second-order valence-corrected chi connectivity index (χ2v) is 9.91. The van der Waals surface area contributed by atoms with Gasteiger partial charge in [-0.3, -0.25) is 9.59 Å². The van der Waals surface area contributed by atoms with E-state index in [0.29, 0.717) is 11.5 Å². The molecule has 5 rings (SSSR count). The number of furan rings is 1. The monoisotopic (exact) mass is 472 g/mol. The first-order valence-electron chi connectivity index (χ1n) is 12.4. The van der Waals surface area contributed by atoms with Crippen LogP contribution in [-0.4, -0.2) is 29.3 Å². The average molecular weight is 473 g/mol. The summed E-state index contributed by atoms with van der Waals surface area (Å²) in [5, 5.41) is 2.82. The summed E-state index contributed by atoms with van der Waals surface area (Å²) in [5.74, 6) is 1.77. The van der Waals surface area contributed by atoms with Crippen molar-refractivity contribution < 1.29 is 18.7 Å². The first kappa shape index (κ1) is 23.2. The van der Waals surface area contributed by atoms with Crippen molar-refractivity contribution in [2.24, 2.45) is 5.92 Å². The van der Waals surface area contributed by atoms with Crippen LogP contribution >= 0.6 is 0 Å². The molecule has 2 aliphatic rings. The quantitative estimate of drug-likeness (QED) is 0.514. The van der Waals surface area contributed by atoms with Crippen LogP contribution in [0, 0.1) is 12.8 Å². The largest absolute Gasteiger partial charge is 0.486 e. The average Bonchev–Trinajstić information content (AvgIpc) is 3.59. The molecule has 6 nitrogen and oxygen atoms in total. The summed E-state index contributed by atoms with van der Waals surface area (Å²) >= 11 is 0. The highest BCUT2D eigenvalue weighted by Crippen LogP contribution is 2.41. The molecule has 2 aromatic carbocycles. The van der Waals surface area contributed by atoms with Gasteiger partial charge in [0, 0.05) is 18.5 Å².